The first-order valence-corrected chi connectivity index (χ1v) is 6.89. The molecule has 114 valence electrons. The predicted molar refractivity (Wildman–Crippen MR) is 77.9 cm³/mol. The quantitative estimate of drug-likeness (QED) is 0.712. The Bertz CT molecular complexity index is 808. The van der Waals surface area contributed by atoms with Crippen molar-refractivity contribution >= 4 is 34.1 Å². The Balaban J connectivity index is 2.06. The summed E-state index contributed by atoms with van der Waals surface area (Å²) >= 11 is 11.7. The van der Waals surface area contributed by atoms with E-state index in [1.807, 2.05) is 0 Å². The number of nitrogens with zero attached hydrogens (tertiary/aromatic N) is 4. The van der Waals surface area contributed by atoms with Gasteiger partial charge < -0.3 is 4.74 Å². The molecule has 3 rings (SSSR count). The van der Waals surface area contributed by atoms with Gasteiger partial charge in [-0.05, 0) is 12.1 Å². The van der Waals surface area contributed by atoms with E-state index in [1.165, 1.54) is 12.4 Å². The topological polar surface area (TPSA) is 52.8 Å². The molecule has 0 aliphatic rings. The van der Waals surface area contributed by atoms with Crippen molar-refractivity contribution in [2.75, 3.05) is 0 Å². The van der Waals surface area contributed by atoms with E-state index in [0.29, 0.717) is 15.9 Å². The zero-order chi connectivity index (χ0) is 15.7. The van der Waals surface area contributed by atoms with Crippen LogP contribution in [0.4, 0.5) is 8.78 Å². The molecule has 5 nitrogen and oxygen atoms in total. The van der Waals surface area contributed by atoms with Crippen LogP contribution in [0.25, 0.3) is 10.9 Å². The van der Waals surface area contributed by atoms with Gasteiger partial charge in [0.25, 0.3) is 6.43 Å². The molecule has 2 heterocycles. The van der Waals surface area contributed by atoms with Crippen molar-refractivity contribution in [2.45, 2.75) is 13.0 Å². The maximum atomic E-state index is 12.7. The first kappa shape index (κ1) is 14.9. The third kappa shape index (κ3) is 2.95. The number of halogens is 4. The molecule has 0 unspecified atom stereocenters. The van der Waals surface area contributed by atoms with Crippen molar-refractivity contribution in [3.05, 3.63) is 40.8 Å². The second-order valence-corrected chi connectivity index (χ2v) is 5.10. The lowest BCUT2D eigenvalue weighted by molar-refractivity contribution is 0.123. The zero-order valence-corrected chi connectivity index (χ0v) is 12.4. The van der Waals surface area contributed by atoms with E-state index in [-0.39, 0.29) is 16.9 Å². The average Bonchev–Trinajstić information content (AvgIpc) is 2.78. The molecule has 0 saturated heterocycles. The van der Waals surface area contributed by atoms with Gasteiger partial charge in [0.2, 0.25) is 0 Å². The van der Waals surface area contributed by atoms with Gasteiger partial charge in [-0.25, -0.2) is 18.7 Å². The van der Waals surface area contributed by atoms with Crippen LogP contribution in [0.15, 0.2) is 30.6 Å². The van der Waals surface area contributed by atoms with Gasteiger partial charge in [0.1, 0.15) is 12.1 Å². The number of hydrogen-bond donors (Lipinski definition) is 0. The van der Waals surface area contributed by atoms with Crippen molar-refractivity contribution in [1.29, 1.82) is 0 Å². The fourth-order valence-electron chi connectivity index (χ4n) is 1.96. The maximum Gasteiger partial charge on any atom is 0.322 e. The first-order valence-electron chi connectivity index (χ1n) is 6.13. The van der Waals surface area contributed by atoms with E-state index in [9.17, 15) is 8.78 Å². The molecular formula is C13H8Cl2F2N4O. The molecule has 0 amide bonds. The number of alkyl halides is 2. The van der Waals surface area contributed by atoms with Crippen molar-refractivity contribution in [3.63, 3.8) is 0 Å². The Morgan fingerprint density at radius 1 is 1.18 bits per heavy atom. The fraction of sp³-hybridized carbons (Fsp3) is 0.154. The van der Waals surface area contributed by atoms with E-state index in [0.717, 1.165) is 4.68 Å². The standard InChI is InChI=1S/C13H8Cl2F2N4O/c14-7-4-18-13(19-5-7)22-9-3-1-2-8-11(9)21(6-10(16)17)20-12(8)15/h1-5,10H,6H2. The Morgan fingerprint density at radius 2 is 1.91 bits per heavy atom. The summed E-state index contributed by atoms with van der Waals surface area (Å²) in [6, 6.07) is 4.98. The Morgan fingerprint density at radius 3 is 2.59 bits per heavy atom. The average molecular weight is 345 g/mol. The number of fused-ring (bicyclic) bond motifs is 1. The third-order valence-electron chi connectivity index (χ3n) is 2.80. The predicted octanol–water partition coefficient (Wildman–Crippen LogP) is 4.19. The summed E-state index contributed by atoms with van der Waals surface area (Å²) in [6.07, 6.45) is 0.167. The van der Waals surface area contributed by atoms with Crippen LogP contribution in [-0.2, 0) is 6.54 Å². The molecule has 0 saturated carbocycles. The summed E-state index contributed by atoms with van der Waals surface area (Å²) < 4.78 is 32.0. The van der Waals surface area contributed by atoms with Gasteiger partial charge in [-0.2, -0.15) is 5.10 Å². The smallest absolute Gasteiger partial charge is 0.322 e. The van der Waals surface area contributed by atoms with Crippen LogP contribution in [0.1, 0.15) is 0 Å². The highest BCUT2D eigenvalue weighted by atomic mass is 35.5. The van der Waals surface area contributed by atoms with Gasteiger partial charge in [0.05, 0.1) is 17.4 Å². The van der Waals surface area contributed by atoms with Crippen molar-refractivity contribution in [3.8, 4) is 11.8 Å². The molecule has 1 aromatic carbocycles. The molecule has 3 aromatic rings. The van der Waals surface area contributed by atoms with Gasteiger partial charge in [-0.1, -0.05) is 29.3 Å². The van der Waals surface area contributed by atoms with E-state index < -0.39 is 13.0 Å². The SMILES string of the molecule is FC(F)Cn1nc(Cl)c2cccc(Oc3ncc(Cl)cn3)c21. The molecule has 0 aliphatic heterocycles. The lowest BCUT2D eigenvalue weighted by Crippen LogP contribution is -2.08. The molecular weight excluding hydrogens is 337 g/mol. The molecule has 0 N–H and O–H groups in total. The second kappa shape index (κ2) is 6.02. The van der Waals surface area contributed by atoms with E-state index in [4.69, 9.17) is 27.9 Å². The van der Waals surface area contributed by atoms with Crippen LogP contribution < -0.4 is 4.74 Å². The monoisotopic (exact) mass is 344 g/mol. The van der Waals surface area contributed by atoms with E-state index >= 15 is 0 Å². The van der Waals surface area contributed by atoms with Crippen LogP contribution >= 0.6 is 23.2 Å². The molecule has 0 spiro atoms. The Labute approximate surface area is 133 Å². The molecule has 0 atom stereocenters. The van der Waals surface area contributed by atoms with Crippen LogP contribution in [-0.4, -0.2) is 26.2 Å². The van der Waals surface area contributed by atoms with E-state index in [2.05, 4.69) is 15.1 Å². The van der Waals surface area contributed by atoms with Gasteiger partial charge in [0, 0.05) is 5.39 Å². The molecule has 0 fully saturated rings. The molecule has 0 bridgehead atoms. The van der Waals surface area contributed by atoms with Crippen molar-refractivity contribution < 1.29 is 13.5 Å². The Hall–Kier alpha value is -1.99. The summed E-state index contributed by atoms with van der Waals surface area (Å²) in [4.78, 5) is 7.80. The minimum absolute atomic E-state index is 0.0396. The van der Waals surface area contributed by atoms with Crippen molar-refractivity contribution in [1.82, 2.24) is 19.7 Å². The molecule has 9 heteroatoms. The number of para-hydroxylation sites is 1. The van der Waals surface area contributed by atoms with Gasteiger partial charge in [0.15, 0.2) is 10.9 Å². The molecule has 0 aliphatic carbocycles. The highest BCUT2D eigenvalue weighted by Crippen LogP contribution is 2.33. The lowest BCUT2D eigenvalue weighted by Gasteiger charge is -2.08. The number of hydrogen-bond acceptors (Lipinski definition) is 4. The maximum absolute atomic E-state index is 12.7. The van der Waals surface area contributed by atoms with Crippen LogP contribution in [0.5, 0.6) is 11.8 Å². The third-order valence-corrected chi connectivity index (χ3v) is 3.27. The first-order chi connectivity index (χ1) is 10.5. The van der Waals surface area contributed by atoms with E-state index in [1.54, 1.807) is 18.2 Å². The summed E-state index contributed by atoms with van der Waals surface area (Å²) in [5.41, 5.74) is 0.353. The van der Waals surface area contributed by atoms with Gasteiger partial charge in [-0.3, -0.25) is 4.68 Å². The lowest BCUT2D eigenvalue weighted by atomic mass is 10.2. The highest BCUT2D eigenvalue weighted by molar-refractivity contribution is 6.34. The fourth-order valence-corrected chi connectivity index (χ4v) is 2.30. The zero-order valence-electron chi connectivity index (χ0n) is 10.9. The Kier molecular flexibility index (Phi) is 4.08. The highest BCUT2D eigenvalue weighted by Gasteiger charge is 2.17. The summed E-state index contributed by atoms with van der Waals surface area (Å²) in [7, 11) is 0. The number of ether oxygens (including phenoxy) is 1. The minimum Gasteiger partial charge on any atom is -0.422 e. The summed E-state index contributed by atoms with van der Waals surface area (Å²) in [5, 5.41) is 4.90. The molecule has 2 aromatic heterocycles. The summed E-state index contributed by atoms with van der Waals surface area (Å²) in [5.74, 6) is 0.278. The van der Waals surface area contributed by atoms with Crippen LogP contribution in [0.3, 0.4) is 0 Å². The van der Waals surface area contributed by atoms with Gasteiger partial charge in [-0.15, -0.1) is 0 Å². The molecule has 22 heavy (non-hydrogen) atoms. The van der Waals surface area contributed by atoms with Crippen LogP contribution in [0, 0.1) is 0 Å². The second-order valence-electron chi connectivity index (χ2n) is 4.30. The summed E-state index contributed by atoms with van der Waals surface area (Å²) in [6.45, 7) is -0.592. The molecule has 0 radical (unpaired) electrons. The largest absolute Gasteiger partial charge is 0.422 e. The van der Waals surface area contributed by atoms with Gasteiger partial charge >= 0.3 is 6.01 Å². The normalized spacial score (nSPS) is 11.3. The number of aromatic nitrogens is 4. The van der Waals surface area contributed by atoms with Crippen LogP contribution in [0.2, 0.25) is 10.2 Å². The number of benzene rings is 1. The number of rotatable bonds is 4. The minimum atomic E-state index is -2.57. The van der Waals surface area contributed by atoms with Crippen molar-refractivity contribution in [2.24, 2.45) is 0 Å².